The fraction of sp³-hybridized carbons (Fsp3) is 0.300. The average Bonchev–Trinajstić information content (AvgIpc) is 2.70. The van der Waals surface area contributed by atoms with Gasteiger partial charge in [0.25, 0.3) is 11.8 Å². The van der Waals surface area contributed by atoms with Crippen LogP contribution in [0, 0.1) is 0 Å². The van der Waals surface area contributed by atoms with Gasteiger partial charge in [0.2, 0.25) is 0 Å². The summed E-state index contributed by atoms with van der Waals surface area (Å²) >= 11 is 6.14. The van der Waals surface area contributed by atoms with E-state index in [9.17, 15) is 9.59 Å². The SMILES string of the molecule is CCOc1ccc(C(=O)Nc2cccc(C(=O)N3CCOCC3)c2)cc1Cl. The second-order valence-electron chi connectivity index (χ2n) is 6.02. The lowest BCUT2D eigenvalue weighted by Gasteiger charge is -2.27. The van der Waals surface area contributed by atoms with E-state index in [2.05, 4.69) is 5.32 Å². The third-order valence-electron chi connectivity index (χ3n) is 4.16. The molecular weight excluding hydrogens is 368 g/mol. The number of benzene rings is 2. The maximum atomic E-state index is 12.6. The van der Waals surface area contributed by atoms with Crippen molar-refractivity contribution in [3.8, 4) is 5.75 Å². The highest BCUT2D eigenvalue weighted by Crippen LogP contribution is 2.26. The quantitative estimate of drug-likeness (QED) is 0.851. The highest BCUT2D eigenvalue weighted by atomic mass is 35.5. The van der Waals surface area contributed by atoms with E-state index < -0.39 is 0 Å². The third-order valence-corrected chi connectivity index (χ3v) is 4.45. The first-order valence-corrected chi connectivity index (χ1v) is 9.17. The molecule has 1 heterocycles. The van der Waals surface area contributed by atoms with Gasteiger partial charge in [0.05, 0.1) is 24.8 Å². The van der Waals surface area contributed by atoms with Crippen molar-refractivity contribution in [1.29, 1.82) is 0 Å². The Morgan fingerprint density at radius 1 is 1.15 bits per heavy atom. The molecule has 2 amide bonds. The van der Waals surface area contributed by atoms with Gasteiger partial charge in [-0.2, -0.15) is 0 Å². The lowest BCUT2D eigenvalue weighted by Crippen LogP contribution is -2.40. The number of nitrogens with one attached hydrogen (secondary N) is 1. The summed E-state index contributed by atoms with van der Waals surface area (Å²) in [6, 6.07) is 11.8. The van der Waals surface area contributed by atoms with Crippen LogP contribution in [-0.4, -0.2) is 49.6 Å². The van der Waals surface area contributed by atoms with E-state index in [-0.39, 0.29) is 11.8 Å². The van der Waals surface area contributed by atoms with Gasteiger partial charge in [-0.1, -0.05) is 17.7 Å². The number of rotatable bonds is 5. The lowest BCUT2D eigenvalue weighted by atomic mass is 10.1. The Hall–Kier alpha value is -2.57. The van der Waals surface area contributed by atoms with Crippen molar-refractivity contribution in [3.05, 3.63) is 58.6 Å². The van der Waals surface area contributed by atoms with Crippen LogP contribution in [0.4, 0.5) is 5.69 Å². The molecule has 0 bridgehead atoms. The largest absolute Gasteiger partial charge is 0.492 e. The highest BCUT2D eigenvalue weighted by Gasteiger charge is 2.19. The summed E-state index contributed by atoms with van der Waals surface area (Å²) in [6.07, 6.45) is 0. The van der Waals surface area contributed by atoms with Crippen molar-refractivity contribution in [1.82, 2.24) is 4.90 Å². The van der Waals surface area contributed by atoms with Crippen molar-refractivity contribution in [3.63, 3.8) is 0 Å². The number of halogens is 1. The van der Waals surface area contributed by atoms with Crippen LogP contribution in [0.15, 0.2) is 42.5 Å². The predicted molar refractivity (Wildman–Crippen MR) is 104 cm³/mol. The Balaban J connectivity index is 1.71. The summed E-state index contributed by atoms with van der Waals surface area (Å²) in [6.45, 7) is 4.58. The number of amides is 2. The van der Waals surface area contributed by atoms with Crippen LogP contribution >= 0.6 is 11.6 Å². The second kappa shape index (κ2) is 8.88. The molecule has 3 rings (SSSR count). The minimum Gasteiger partial charge on any atom is -0.492 e. The molecule has 0 radical (unpaired) electrons. The smallest absolute Gasteiger partial charge is 0.255 e. The Kier molecular flexibility index (Phi) is 6.32. The Bertz CT molecular complexity index is 834. The predicted octanol–water partition coefficient (Wildman–Crippen LogP) is 3.46. The van der Waals surface area contributed by atoms with Gasteiger partial charge in [-0.15, -0.1) is 0 Å². The molecule has 142 valence electrons. The van der Waals surface area contributed by atoms with Crippen molar-refractivity contribution < 1.29 is 19.1 Å². The van der Waals surface area contributed by atoms with Gasteiger partial charge in [-0.3, -0.25) is 9.59 Å². The average molecular weight is 389 g/mol. The second-order valence-corrected chi connectivity index (χ2v) is 6.42. The number of carbonyl (C=O) groups is 2. The number of hydrogen-bond acceptors (Lipinski definition) is 4. The normalized spacial score (nSPS) is 13.9. The molecule has 1 aliphatic heterocycles. The molecule has 1 saturated heterocycles. The van der Waals surface area contributed by atoms with Crippen LogP contribution < -0.4 is 10.1 Å². The molecule has 1 aliphatic rings. The first kappa shape index (κ1) is 19.2. The molecule has 27 heavy (non-hydrogen) atoms. The number of hydrogen-bond donors (Lipinski definition) is 1. The van der Waals surface area contributed by atoms with Crippen LogP contribution in [0.25, 0.3) is 0 Å². The van der Waals surface area contributed by atoms with Crippen LogP contribution in [0.1, 0.15) is 27.6 Å². The Morgan fingerprint density at radius 2 is 1.93 bits per heavy atom. The molecule has 0 aromatic heterocycles. The zero-order valence-corrected chi connectivity index (χ0v) is 15.8. The van der Waals surface area contributed by atoms with Crippen molar-refractivity contribution in [2.75, 3.05) is 38.2 Å². The molecule has 1 N–H and O–H groups in total. The van der Waals surface area contributed by atoms with E-state index in [4.69, 9.17) is 21.1 Å². The number of anilines is 1. The van der Waals surface area contributed by atoms with Crippen molar-refractivity contribution >= 4 is 29.1 Å². The van der Waals surface area contributed by atoms with Gasteiger partial charge in [0.1, 0.15) is 5.75 Å². The molecule has 0 spiro atoms. The Labute approximate surface area is 163 Å². The van der Waals surface area contributed by atoms with Crippen molar-refractivity contribution in [2.45, 2.75) is 6.92 Å². The first-order chi connectivity index (χ1) is 13.1. The summed E-state index contributed by atoms with van der Waals surface area (Å²) in [5, 5.41) is 3.18. The molecule has 2 aromatic carbocycles. The molecule has 0 atom stereocenters. The van der Waals surface area contributed by atoms with Crippen LogP contribution in [0.3, 0.4) is 0 Å². The number of nitrogens with zero attached hydrogens (tertiary/aromatic N) is 1. The minimum absolute atomic E-state index is 0.0708. The van der Waals surface area contributed by atoms with E-state index >= 15 is 0 Å². The molecule has 1 fully saturated rings. The number of carbonyl (C=O) groups excluding carboxylic acids is 2. The Morgan fingerprint density at radius 3 is 2.63 bits per heavy atom. The van der Waals surface area contributed by atoms with Crippen LogP contribution in [0.5, 0.6) is 5.75 Å². The van der Waals surface area contributed by atoms with E-state index in [1.807, 2.05) is 6.92 Å². The van der Waals surface area contributed by atoms with Gasteiger partial charge in [0, 0.05) is 29.9 Å². The van der Waals surface area contributed by atoms with E-state index in [0.29, 0.717) is 60.5 Å². The molecule has 7 heteroatoms. The summed E-state index contributed by atoms with van der Waals surface area (Å²) in [5.74, 6) is 0.156. The summed E-state index contributed by atoms with van der Waals surface area (Å²) in [5.41, 5.74) is 1.48. The maximum Gasteiger partial charge on any atom is 0.255 e. The topological polar surface area (TPSA) is 67.9 Å². The lowest BCUT2D eigenvalue weighted by molar-refractivity contribution is 0.0303. The van der Waals surface area contributed by atoms with E-state index in [1.54, 1.807) is 47.4 Å². The zero-order valence-electron chi connectivity index (χ0n) is 15.0. The summed E-state index contributed by atoms with van der Waals surface area (Å²) < 4.78 is 10.6. The maximum absolute atomic E-state index is 12.6. The molecular formula is C20H21ClN2O4. The fourth-order valence-corrected chi connectivity index (χ4v) is 3.03. The fourth-order valence-electron chi connectivity index (χ4n) is 2.80. The summed E-state index contributed by atoms with van der Waals surface area (Å²) in [4.78, 5) is 26.8. The van der Waals surface area contributed by atoms with Gasteiger partial charge in [-0.05, 0) is 43.3 Å². The monoisotopic (exact) mass is 388 g/mol. The third kappa shape index (κ3) is 4.78. The van der Waals surface area contributed by atoms with E-state index in [0.717, 1.165) is 0 Å². The molecule has 0 unspecified atom stereocenters. The highest BCUT2D eigenvalue weighted by molar-refractivity contribution is 6.32. The molecule has 0 saturated carbocycles. The van der Waals surface area contributed by atoms with Gasteiger partial charge >= 0.3 is 0 Å². The standard InChI is InChI=1S/C20H21ClN2O4/c1-2-27-18-7-6-14(13-17(18)21)19(24)22-16-5-3-4-15(12-16)20(25)23-8-10-26-11-9-23/h3-7,12-13H,2,8-11H2,1H3,(H,22,24). The first-order valence-electron chi connectivity index (χ1n) is 8.79. The number of ether oxygens (including phenoxy) is 2. The minimum atomic E-state index is -0.309. The van der Waals surface area contributed by atoms with Crippen molar-refractivity contribution in [2.24, 2.45) is 0 Å². The molecule has 0 aliphatic carbocycles. The van der Waals surface area contributed by atoms with Gasteiger partial charge in [-0.25, -0.2) is 0 Å². The molecule has 2 aromatic rings. The zero-order chi connectivity index (χ0) is 19.2. The van der Waals surface area contributed by atoms with E-state index in [1.165, 1.54) is 0 Å². The van der Waals surface area contributed by atoms with Gasteiger partial charge < -0.3 is 19.7 Å². The number of morpholine rings is 1. The summed E-state index contributed by atoms with van der Waals surface area (Å²) in [7, 11) is 0. The van der Waals surface area contributed by atoms with Gasteiger partial charge in [0.15, 0.2) is 0 Å². The molecule has 6 nitrogen and oxygen atoms in total. The van der Waals surface area contributed by atoms with Crippen LogP contribution in [0.2, 0.25) is 5.02 Å². The van der Waals surface area contributed by atoms with Crippen LogP contribution in [-0.2, 0) is 4.74 Å².